The summed E-state index contributed by atoms with van der Waals surface area (Å²) >= 11 is 0. The smallest absolute Gasteiger partial charge is 0.180 e. The predicted molar refractivity (Wildman–Crippen MR) is 169 cm³/mol. The maximum absolute atomic E-state index is 6.22. The van der Waals surface area contributed by atoms with E-state index in [2.05, 4.69) is 53.7 Å². The van der Waals surface area contributed by atoms with E-state index in [-0.39, 0.29) is 12.6 Å². The van der Waals surface area contributed by atoms with Crippen LogP contribution in [0, 0.1) is 0 Å². The Kier molecular flexibility index (Phi) is 31.5. The molecule has 0 aromatic heterocycles. The van der Waals surface area contributed by atoms with Gasteiger partial charge in [0.15, 0.2) is 25.2 Å². The van der Waals surface area contributed by atoms with Crippen molar-refractivity contribution >= 4 is 0 Å². The molecular weight excluding hydrogens is 520 g/mol. The van der Waals surface area contributed by atoms with Gasteiger partial charge in [-0.2, -0.15) is 0 Å². The van der Waals surface area contributed by atoms with Crippen LogP contribution in [0.4, 0.5) is 0 Å². The van der Waals surface area contributed by atoms with Crippen molar-refractivity contribution in [2.24, 2.45) is 0 Å². The van der Waals surface area contributed by atoms with E-state index < -0.39 is 12.6 Å². The molecule has 0 aliphatic rings. The van der Waals surface area contributed by atoms with E-state index in [9.17, 15) is 0 Å². The first-order valence-corrected chi connectivity index (χ1v) is 16.8. The van der Waals surface area contributed by atoms with Crippen molar-refractivity contribution in [3.8, 4) is 0 Å². The number of allylic oxidation sites excluding steroid dienone is 2. The monoisotopic (exact) mass is 586 g/mol. The summed E-state index contributed by atoms with van der Waals surface area (Å²) in [5.41, 5.74) is 0. The average molecular weight is 587 g/mol. The average Bonchev–Trinajstić information content (AvgIpc) is 2.99. The molecule has 0 aromatic rings. The van der Waals surface area contributed by atoms with Gasteiger partial charge in [0.25, 0.3) is 0 Å². The molecule has 0 amide bonds. The van der Waals surface area contributed by atoms with Crippen LogP contribution in [-0.2, 0) is 33.2 Å². The van der Waals surface area contributed by atoms with Crippen molar-refractivity contribution < 1.29 is 33.2 Å². The molecule has 0 fully saturated rings. The summed E-state index contributed by atoms with van der Waals surface area (Å²) in [6.07, 6.45) is 21.3. The first-order valence-electron chi connectivity index (χ1n) is 16.8. The second-order valence-corrected chi connectivity index (χ2v) is 10.4. The van der Waals surface area contributed by atoms with Gasteiger partial charge in [0, 0.05) is 39.6 Å². The van der Waals surface area contributed by atoms with Crippen molar-refractivity contribution in [3.05, 3.63) is 24.3 Å². The van der Waals surface area contributed by atoms with Crippen LogP contribution in [0.25, 0.3) is 0 Å². The fraction of sp³-hybridized carbons (Fsp3) is 0.882. The van der Waals surface area contributed by atoms with Crippen LogP contribution in [0.15, 0.2) is 24.3 Å². The molecule has 2 atom stereocenters. The van der Waals surface area contributed by atoms with E-state index in [1.807, 2.05) is 12.2 Å². The zero-order valence-electron chi connectivity index (χ0n) is 27.6. The molecule has 0 aliphatic carbocycles. The predicted octanol–water partition coefficient (Wildman–Crippen LogP) is 9.10. The summed E-state index contributed by atoms with van der Waals surface area (Å²) in [6.45, 7) is 17.0. The van der Waals surface area contributed by atoms with Crippen LogP contribution in [-0.4, -0.2) is 64.8 Å². The largest absolute Gasteiger partial charge is 0.353 e. The summed E-state index contributed by atoms with van der Waals surface area (Å²) in [5, 5.41) is 0. The van der Waals surface area contributed by atoms with Crippen LogP contribution < -0.4 is 0 Å². The van der Waals surface area contributed by atoms with Crippen molar-refractivity contribution in [2.45, 2.75) is 157 Å². The number of hydrogen-bond acceptors (Lipinski definition) is 7. The summed E-state index contributed by atoms with van der Waals surface area (Å²) in [5.74, 6) is 0. The third-order valence-corrected chi connectivity index (χ3v) is 5.98. The Labute approximate surface area is 253 Å². The van der Waals surface area contributed by atoms with Crippen molar-refractivity contribution in [1.29, 1.82) is 0 Å². The van der Waals surface area contributed by atoms with Crippen LogP contribution in [0.2, 0.25) is 0 Å². The van der Waals surface area contributed by atoms with Crippen LogP contribution in [0.3, 0.4) is 0 Å². The second kappa shape index (κ2) is 32.1. The SMILES string of the molecule is CCCOC(C=CCCCCC(OCCC)OCCC)OC(C=CCCCCC(OCCC)OCCC)OCCC. The van der Waals surface area contributed by atoms with Gasteiger partial charge in [-0.05, 0) is 102 Å². The number of rotatable bonds is 32. The highest BCUT2D eigenvalue weighted by molar-refractivity contribution is 4.89. The number of unbranched alkanes of at least 4 members (excludes halogenated alkanes) is 4. The van der Waals surface area contributed by atoms with Gasteiger partial charge in [0.05, 0.1) is 0 Å². The van der Waals surface area contributed by atoms with E-state index in [1.165, 1.54) is 0 Å². The molecule has 0 N–H and O–H groups in total. The van der Waals surface area contributed by atoms with Crippen molar-refractivity contribution in [3.63, 3.8) is 0 Å². The fourth-order valence-corrected chi connectivity index (χ4v) is 3.87. The lowest BCUT2D eigenvalue weighted by Crippen LogP contribution is -2.25. The van der Waals surface area contributed by atoms with Crippen LogP contribution in [0.1, 0.15) is 131 Å². The molecular formula is C34H66O7. The van der Waals surface area contributed by atoms with Gasteiger partial charge in [-0.25, -0.2) is 0 Å². The van der Waals surface area contributed by atoms with Gasteiger partial charge in [-0.3, -0.25) is 0 Å². The molecule has 0 saturated heterocycles. The summed E-state index contributed by atoms with van der Waals surface area (Å²) < 4.78 is 41.5. The maximum atomic E-state index is 6.22. The highest BCUT2D eigenvalue weighted by atomic mass is 16.8. The van der Waals surface area contributed by atoms with Gasteiger partial charge in [-0.15, -0.1) is 0 Å². The minimum atomic E-state index is -0.429. The second-order valence-electron chi connectivity index (χ2n) is 10.4. The van der Waals surface area contributed by atoms with E-state index >= 15 is 0 Å². The third-order valence-electron chi connectivity index (χ3n) is 5.98. The fourth-order valence-electron chi connectivity index (χ4n) is 3.87. The zero-order chi connectivity index (χ0) is 30.2. The van der Waals surface area contributed by atoms with Gasteiger partial charge >= 0.3 is 0 Å². The lowest BCUT2D eigenvalue weighted by atomic mass is 10.2. The van der Waals surface area contributed by atoms with E-state index in [0.717, 1.165) is 116 Å². The Morgan fingerprint density at radius 1 is 0.415 bits per heavy atom. The van der Waals surface area contributed by atoms with Gasteiger partial charge < -0.3 is 33.2 Å². The molecule has 2 unspecified atom stereocenters. The normalized spacial score (nSPS) is 13.9. The Hall–Kier alpha value is -0.800. The summed E-state index contributed by atoms with van der Waals surface area (Å²) in [6, 6.07) is 0. The molecule has 0 radical (unpaired) electrons. The minimum absolute atomic E-state index is 0.0867. The summed E-state index contributed by atoms with van der Waals surface area (Å²) in [4.78, 5) is 0. The first kappa shape index (κ1) is 40.2. The molecule has 0 bridgehead atoms. The Balaban J connectivity index is 4.68. The Bertz CT molecular complexity index is 505. The molecule has 0 saturated carbocycles. The molecule has 0 aromatic carbocycles. The highest BCUT2D eigenvalue weighted by Gasteiger charge is 2.14. The van der Waals surface area contributed by atoms with Crippen LogP contribution in [0.5, 0.6) is 0 Å². The first-order chi connectivity index (χ1) is 20.1. The Morgan fingerprint density at radius 2 is 0.732 bits per heavy atom. The standard InChI is InChI=1S/C34H66O7/c1-7-25-35-31(36-26-8-2)21-17-13-15-19-23-33(39-29-11-5)41-34(40-30-12-6)24-20-16-14-18-22-32(37-27-9-3)38-28-10-4/h19-20,23-24,31-34H,7-18,21-22,25-30H2,1-6H3. The molecule has 7 nitrogen and oxygen atoms in total. The van der Waals surface area contributed by atoms with Crippen molar-refractivity contribution in [2.75, 3.05) is 39.6 Å². The van der Waals surface area contributed by atoms with Gasteiger partial charge in [0.2, 0.25) is 0 Å². The lowest BCUT2D eigenvalue weighted by molar-refractivity contribution is -0.207. The molecule has 0 heterocycles. The molecule has 41 heavy (non-hydrogen) atoms. The topological polar surface area (TPSA) is 64.6 Å². The molecule has 0 rings (SSSR count). The minimum Gasteiger partial charge on any atom is -0.353 e. The molecule has 0 aliphatic heterocycles. The summed E-state index contributed by atoms with van der Waals surface area (Å²) in [7, 11) is 0. The Morgan fingerprint density at radius 3 is 1.05 bits per heavy atom. The number of hydrogen-bond donors (Lipinski definition) is 0. The number of ether oxygens (including phenoxy) is 7. The third kappa shape index (κ3) is 26.6. The lowest BCUT2D eigenvalue weighted by Gasteiger charge is -2.21. The quantitative estimate of drug-likeness (QED) is 0.0442. The molecule has 0 spiro atoms. The zero-order valence-corrected chi connectivity index (χ0v) is 27.6. The van der Waals surface area contributed by atoms with Gasteiger partial charge in [0.1, 0.15) is 0 Å². The van der Waals surface area contributed by atoms with Crippen molar-refractivity contribution in [1.82, 2.24) is 0 Å². The van der Waals surface area contributed by atoms with Gasteiger partial charge in [-0.1, -0.05) is 53.7 Å². The van der Waals surface area contributed by atoms with Crippen LogP contribution >= 0.6 is 0 Å². The highest BCUT2D eigenvalue weighted by Crippen LogP contribution is 2.14. The molecule has 244 valence electrons. The van der Waals surface area contributed by atoms with E-state index in [0.29, 0.717) is 13.2 Å². The van der Waals surface area contributed by atoms with E-state index in [4.69, 9.17) is 33.2 Å². The molecule has 7 heteroatoms. The maximum Gasteiger partial charge on any atom is 0.180 e. The van der Waals surface area contributed by atoms with E-state index in [1.54, 1.807) is 0 Å².